The van der Waals surface area contributed by atoms with E-state index in [2.05, 4.69) is 15.6 Å². The first-order valence-electron chi connectivity index (χ1n) is 11.7. The second-order valence-electron chi connectivity index (χ2n) is 8.58. The van der Waals surface area contributed by atoms with Crippen molar-refractivity contribution >= 4 is 28.3 Å². The van der Waals surface area contributed by atoms with Gasteiger partial charge in [-0.2, -0.15) is 10.2 Å². The Bertz CT molecular complexity index is 1510. The fraction of sp³-hybridized carbons (Fsp3) is 0.179. The average Bonchev–Trinajstić information content (AvgIpc) is 2.92. The highest BCUT2D eigenvalue weighted by Gasteiger charge is 2.17. The fourth-order valence-corrected chi connectivity index (χ4v) is 3.59. The number of amides is 2. The van der Waals surface area contributed by atoms with Gasteiger partial charge in [0.1, 0.15) is 5.75 Å². The van der Waals surface area contributed by atoms with E-state index in [0.29, 0.717) is 22.2 Å². The number of likely N-dealkylation sites (N-methyl/N-ethyl adjacent to an activating group) is 1. The number of hydrogen-bond donors (Lipinski definition) is 1. The normalized spacial score (nSPS) is 11.3. The Balaban J connectivity index is 1.53. The molecule has 9 nitrogen and oxygen atoms in total. The highest BCUT2D eigenvalue weighted by molar-refractivity contribution is 6.06. The number of rotatable bonds is 8. The zero-order valence-corrected chi connectivity index (χ0v) is 20.8. The Labute approximate surface area is 214 Å². The molecule has 0 aliphatic carbocycles. The summed E-state index contributed by atoms with van der Waals surface area (Å²) in [5, 5.41) is 9.47. The molecule has 0 spiro atoms. The van der Waals surface area contributed by atoms with Crippen molar-refractivity contribution in [2.45, 2.75) is 13.5 Å². The van der Waals surface area contributed by atoms with Gasteiger partial charge in [0.2, 0.25) is 0 Å². The predicted octanol–water partition coefficient (Wildman–Crippen LogP) is 3.07. The number of benzene rings is 3. The number of hydrazone groups is 1. The molecular weight excluding hydrogens is 470 g/mol. The molecule has 9 heteroatoms. The number of fused-ring (bicyclic) bond motifs is 1. The first-order valence-corrected chi connectivity index (χ1v) is 11.7. The molecule has 0 bridgehead atoms. The van der Waals surface area contributed by atoms with Gasteiger partial charge < -0.3 is 9.64 Å². The number of carbonyl (C=O) groups is 2. The smallest absolute Gasteiger partial charge is 0.292 e. The van der Waals surface area contributed by atoms with Gasteiger partial charge in [0.05, 0.1) is 17.6 Å². The van der Waals surface area contributed by atoms with Crippen molar-refractivity contribution < 1.29 is 14.3 Å². The van der Waals surface area contributed by atoms with Crippen LogP contribution in [0.4, 0.5) is 0 Å². The van der Waals surface area contributed by atoms with E-state index >= 15 is 0 Å². The van der Waals surface area contributed by atoms with E-state index in [1.807, 2.05) is 30.3 Å². The molecule has 0 aliphatic heterocycles. The molecule has 0 radical (unpaired) electrons. The van der Waals surface area contributed by atoms with Crippen LogP contribution in [0.2, 0.25) is 0 Å². The number of nitrogens with one attached hydrogen (secondary N) is 1. The highest BCUT2D eigenvalue weighted by atomic mass is 16.5. The van der Waals surface area contributed by atoms with Gasteiger partial charge in [-0.3, -0.25) is 14.4 Å². The standard InChI is InChI=1S/C28H27N5O4/c1-19(21-13-15-22(16-14-21)37-18-25(34)32(2)3)29-30-27(35)26-23-11-7-8-12-24(23)28(36)33(31-26)17-20-9-5-4-6-10-20/h4-16H,17-18H2,1-3H3,(H,30,35)/b29-19+. The largest absolute Gasteiger partial charge is 0.484 e. The van der Waals surface area contributed by atoms with Gasteiger partial charge in [0.25, 0.3) is 17.4 Å². The van der Waals surface area contributed by atoms with Crippen molar-refractivity contribution in [3.63, 3.8) is 0 Å². The van der Waals surface area contributed by atoms with Crippen LogP contribution in [0.1, 0.15) is 28.5 Å². The van der Waals surface area contributed by atoms with Crippen molar-refractivity contribution in [1.29, 1.82) is 0 Å². The predicted molar refractivity (Wildman–Crippen MR) is 142 cm³/mol. The molecular formula is C28H27N5O4. The summed E-state index contributed by atoms with van der Waals surface area (Å²) >= 11 is 0. The van der Waals surface area contributed by atoms with Gasteiger partial charge >= 0.3 is 0 Å². The molecule has 0 saturated carbocycles. The quantitative estimate of drug-likeness (QED) is 0.298. The summed E-state index contributed by atoms with van der Waals surface area (Å²) in [5.74, 6) is -0.118. The number of hydrogen-bond acceptors (Lipinski definition) is 6. The third kappa shape index (κ3) is 6.07. The Kier molecular flexibility index (Phi) is 7.73. The lowest BCUT2D eigenvalue weighted by atomic mass is 10.1. The van der Waals surface area contributed by atoms with Crippen molar-refractivity contribution in [3.05, 3.63) is 106 Å². The molecule has 4 rings (SSSR count). The summed E-state index contributed by atoms with van der Waals surface area (Å²) in [5.41, 5.74) is 4.61. The Morgan fingerprint density at radius 2 is 1.59 bits per heavy atom. The summed E-state index contributed by atoms with van der Waals surface area (Å²) in [4.78, 5) is 39.3. The van der Waals surface area contributed by atoms with Crippen LogP contribution < -0.4 is 15.7 Å². The first-order chi connectivity index (χ1) is 17.8. The lowest BCUT2D eigenvalue weighted by molar-refractivity contribution is -0.130. The minimum atomic E-state index is -0.528. The third-order valence-electron chi connectivity index (χ3n) is 5.72. The van der Waals surface area contributed by atoms with E-state index in [9.17, 15) is 14.4 Å². The number of nitrogens with zero attached hydrogens (tertiary/aromatic N) is 4. The summed E-state index contributed by atoms with van der Waals surface area (Å²) in [6.45, 7) is 1.94. The van der Waals surface area contributed by atoms with Gasteiger partial charge in [0, 0.05) is 19.5 Å². The van der Waals surface area contributed by atoms with Crippen LogP contribution in [0, 0.1) is 0 Å². The molecule has 1 N–H and O–H groups in total. The number of aromatic nitrogens is 2. The van der Waals surface area contributed by atoms with E-state index in [-0.39, 0.29) is 30.3 Å². The molecule has 3 aromatic carbocycles. The Morgan fingerprint density at radius 1 is 0.946 bits per heavy atom. The summed E-state index contributed by atoms with van der Waals surface area (Å²) in [7, 11) is 3.33. The van der Waals surface area contributed by atoms with E-state index in [4.69, 9.17) is 4.74 Å². The van der Waals surface area contributed by atoms with Crippen LogP contribution in [0.3, 0.4) is 0 Å². The highest BCUT2D eigenvalue weighted by Crippen LogP contribution is 2.15. The molecule has 0 saturated heterocycles. The summed E-state index contributed by atoms with van der Waals surface area (Å²) in [6.07, 6.45) is 0. The topological polar surface area (TPSA) is 106 Å². The number of ether oxygens (including phenoxy) is 1. The van der Waals surface area contributed by atoms with Crippen LogP contribution in [0.25, 0.3) is 10.8 Å². The summed E-state index contributed by atoms with van der Waals surface area (Å²) in [6, 6.07) is 23.4. The van der Waals surface area contributed by atoms with Crippen LogP contribution in [0.5, 0.6) is 5.75 Å². The molecule has 0 atom stereocenters. The van der Waals surface area contributed by atoms with E-state index in [1.165, 1.54) is 9.58 Å². The van der Waals surface area contributed by atoms with E-state index in [0.717, 1.165) is 11.1 Å². The molecule has 188 valence electrons. The summed E-state index contributed by atoms with van der Waals surface area (Å²) < 4.78 is 6.78. The molecule has 0 fully saturated rings. The fourth-order valence-electron chi connectivity index (χ4n) is 3.59. The maximum absolute atomic E-state index is 13.1. The van der Waals surface area contributed by atoms with Crippen molar-refractivity contribution in [1.82, 2.24) is 20.1 Å². The van der Waals surface area contributed by atoms with Crippen molar-refractivity contribution in [2.24, 2.45) is 5.10 Å². The van der Waals surface area contributed by atoms with Gasteiger partial charge in [-0.25, -0.2) is 10.1 Å². The molecule has 1 heterocycles. The van der Waals surface area contributed by atoms with Gasteiger partial charge in [-0.1, -0.05) is 48.5 Å². The SMILES string of the molecule is C/C(=N\NC(=O)c1nn(Cc2ccccc2)c(=O)c2ccccc12)c1ccc(OCC(=O)N(C)C)cc1. The van der Waals surface area contributed by atoms with Crippen LogP contribution in [0.15, 0.2) is 88.8 Å². The first kappa shape index (κ1) is 25.3. The lowest BCUT2D eigenvalue weighted by Gasteiger charge is -2.12. The third-order valence-corrected chi connectivity index (χ3v) is 5.72. The van der Waals surface area contributed by atoms with Crippen LogP contribution in [-0.4, -0.2) is 52.9 Å². The molecule has 37 heavy (non-hydrogen) atoms. The van der Waals surface area contributed by atoms with Crippen LogP contribution >= 0.6 is 0 Å². The molecule has 2 amide bonds. The molecule has 1 aromatic heterocycles. The average molecular weight is 498 g/mol. The maximum Gasteiger partial charge on any atom is 0.292 e. The second kappa shape index (κ2) is 11.3. The molecule has 4 aromatic rings. The van der Waals surface area contributed by atoms with Gasteiger partial charge in [0.15, 0.2) is 12.3 Å². The molecule has 0 aliphatic rings. The molecule has 0 unspecified atom stereocenters. The zero-order chi connectivity index (χ0) is 26.4. The minimum absolute atomic E-state index is 0.0527. The van der Waals surface area contributed by atoms with E-state index < -0.39 is 5.91 Å². The number of carbonyl (C=O) groups excluding carboxylic acids is 2. The minimum Gasteiger partial charge on any atom is -0.484 e. The van der Waals surface area contributed by atoms with Gasteiger partial charge in [-0.05, 0) is 48.4 Å². The second-order valence-corrected chi connectivity index (χ2v) is 8.58. The van der Waals surface area contributed by atoms with Crippen LogP contribution in [-0.2, 0) is 11.3 Å². The van der Waals surface area contributed by atoms with Crippen molar-refractivity contribution in [3.8, 4) is 5.75 Å². The van der Waals surface area contributed by atoms with Gasteiger partial charge in [-0.15, -0.1) is 0 Å². The maximum atomic E-state index is 13.1. The monoisotopic (exact) mass is 497 g/mol. The Morgan fingerprint density at radius 3 is 2.27 bits per heavy atom. The van der Waals surface area contributed by atoms with Crippen molar-refractivity contribution in [2.75, 3.05) is 20.7 Å². The zero-order valence-electron chi connectivity index (χ0n) is 20.8. The Hall–Kier alpha value is -4.79. The van der Waals surface area contributed by atoms with E-state index in [1.54, 1.807) is 69.6 Å². The lowest BCUT2D eigenvalue weighted by Crippen LogP contribution is -2.29.